The topological polar surface area (TPSA) is 91.6 Å². The second-order valence-corrected chi connectivity index (χ2v) is 16.4. The number of benzene rings is 4. The number of hydrogen-bond donors (Lipinski definition) is 0. The first-order valence-electron chi connectivity index (χ1n) is 22.4. The maximum Gasteiger partial charge on any atom is 0.163 e. The zero-order valence-corrected chi connectivity index (χ0v) is 38.7. The van der Waals surface area contributed by atoms with Crippen molar-refractivity contribution in [1.29, 1.82) is 0 Å². The van der Waals surface area contributed by atoms with Gasteiger partial charge in [-0.3, -0.25) is 19.8 Å². The van der Waals surface area contributed by atoms with Crippen molar-refractivity contribution in [3.8, 4) is 23.0 Å². The average Bonchev–Trinajstić information content (AvgIpc) is 3.28. The van der Waals surface area contributed by atoms with Crippen LogP contribution >= 0.6 is 0 Å². The lowest BCUT2D eigenvalue weighted by Crippen LogP contribution is -2.16. The largest absolute Gasteiger partial charge is 0.493 e. The van der Waals surface area contributed by atoms with Gasteiger partial charge in [0.15, 0.2) is 28.8 Å². The summed E-state index contributed by atoms with van der Waals surface area (Å²) in [6.07, 6.45) is 11.1. The molecule has 0 aliphatic heterocycles. The summed E-state index contributed by atoms with van der Waals surface area (Å²) < 4.78 is 24.3. The molecule has 328 valence electrons. The van der Waals surface area contributed by atoms with Crippen LogP contribution in [0.3, 0.4) is 0 Å². The predicted molar refractivity (Wildman–Crippen MR) is 255 cm³/mol. The summed E-state index contributed by atoms with van der Waals surface area (Å²) in [5.41, 5.74) is 10.9. The van der Waals surface area contributed by atoms with E-state index in [0.29, 0.717) is 46.1 Å². The van der Waals surface area contributed by atoms with Gasteiger partial charge in [-0.25, -0.2) is 0 Å². The predicted octanol–water partition coefficient (Wildman–Crippen LogP) is 13.2. The monoisotopic (exact) mass is 838 g/mol. The standard InChI is InChI=1S/C54H67N3O5/c1-11-19-40(27-43-22-17-15-20-41(43)13-3)32-55-49-30-53(51(59-9)26-38(49)7)61-34-46-24-36(5)25-47(57-46)35-62-54-31-50(48(39(8)58)29-52(54)60-10)56-33-45(37(6)12-2)28-44-23-18-16-21-42(44)14-4/h15-18,20-26,29-33,37,40,45H,11-14,19,27-28,34-35H2,1-10H3. The number of pyridine rings is 1. The number of nitrogens with zero attached hydrogens (tertiary/aromatic N) is 3. The molecule has 5 rings (SSSR count). The molecular formula is C54H67N3O5. The number of methoxy groups -OCH3 is 2. The molecule has 0 fully saturated rings. The van der Waals surface area contributed by atoms with Crippen LogP contribution in [0, 0.1) is 31.6 Å². The van der Waals surface area contributed by atoms with Crippen molar-refractivity contribution in [3.63, 3.8) is 0 Å². The van der Waals surface area contributed by atoms with Crippen molar-refractivity contribution >= 4 is 29.6 Å². The Bertz CT molecular complexity index is 2310. The fourth-order valence-corrected chi connectivity index (χ4v) is 7.95. The zero-order chi connectivity index (χ0) is 44.6. The second-order valence-electron chi connectivity index (χ2n) is 16.4. The van der Waals surface area contributed by atoms with Crippen LogP contribution < -0.4 is 18.9 Å². The highest BCUT2D eigenvalue weighted by molar-refractivity contribution is 6.00. The highest BCUT2D eigenvalue weighted by atomic mass is 16.5. The Labute approximate surface area is 370 Å². The van der Waals surface area contributed by atoms with Gasteiger partial charge in [0.1, 0.15) is 13.2 Å². The van der Waals surface area contributed by atoms with E-state index in [9.17, 15) is 4.79 Å². The van der Waals surface area contributed by atoms with Crippen LogP contribution in [-0.2, 0) is 38.9 Å². The Morgan fingerprint density at radius 3 is 1.74 bits per heavy atom. The number of carbonyl (C=O) groups is 1. The highest BCUT2D eigenvalue weighted by Gasteiger charge is 2.19. The molecule has 4 aromatic carbocycles. The van der Waals surface area contributed by atoms with Gasteiger partial charge in [-0.2, -0.15) is 0 Å². The van der Waals surface area contributed by atoms with Crippen LogP contribution in [0.25, 0.3) is 0 Å². The van der Waals surface area contributed by atoms with E-state index in [4.69, 9.17) is 33.9 Å². The van der Waals surface area contributed by atoms with Gasteiger partial charge in [0.05, 0.1) is 37.0 Å². The maximum atomic E-state index is 12.9. The molecule has 3 atom stereocenters. The van der Waals surface area contributed by atoms with E-state index in [2.05, 4.69) is 89.4 Å². The van der Waals surface area contributed by atoms with Crippen LogP contribution in [0.1, 0.15) is 116 Å². The SMILES string of the molecule is CCCC(C=Nc1cc(OCc2cc(C)cc(COc3cc(N=CC(Cc4ccccc4CC)C(C)CC)c(C(C)=O)cc3OC)n2)c(OC)cc1C)Cc1ccccc1CC. The van der Waals surface area contributed by atoms with Crippen LogP contribution in [-0.4, -0.2) is 37.4 Å². The van der Waals surface area contributed by atoms with E-state index in [0.717, 1.165) is 73.1 Å². The first-order valence-corrected chi connectivity index (χ1v) is 22.4. The Kier molecular flexibility index (Phi) is 17.9. The summed E-state index contributed by atoms with van der Waals surface area (Å²) in [6, 6.07) is 28.8. The van der Waals surface area contributed by atoms with E-state index in [-0.39, 0.29) is 24.9 Å². The van der Waals surface area contributed by atoms with Gasteiger partial charge in [0.2, 0.25) is 0 Å². The fourth-order valence-electron chi connectivity index (χ4n) is 7.95. The molecule has 0 saturated carbocycles. The van der Waals surface area contributed by atoms with E-state index in [1.807, 2.05) is 44.3 Å². The lowest BCUT2D eigenvalue weighted by Gasteiger charge is -2.21. The summed E-state index contributed by atoms with van der Waals surface area (Å²) in [6.45, 7) is 17.1. The molecule has 0 aliphatic carbocycles. The smallest absolute Gasteiger partial charge is 0.163 e. The summed E-state index contributed by atoms with van der Waals surface area (Å²) in [4.78, 5) is 27.8. The van der Waals surface area contributed by atoms with Gasteiger partial charge < -0.3 is 18.9 Å². The van der Waals surface area contributed by atoms with Crippen molar-refractivity contribution < 1.29 is 23.7 Å². The van der Waals surface area contributed by atoms with E-state index in [1.54, 1.807) is 33.3 Å². The van der Waals surface area contributed by atoms with Gasteiger partial charge in [0.25, 0.3) is 0 Å². The quantitative estimate of drug-likeness (QED) is 0.0481. The third-order valence-corrected chi connectivity index (χ3v) is 11.8. The Morgan fingerprint density at radius 1 is 0.677 bits per heavy atom. The molecule has 1 heterocycles. The number of Topliss-reactive ketones (excluding diaryl/α,β-unsaturated/α-hetero) is 1. The first kappa shape index (κ1) is 47.3. The number of aromatic nitrogens is 1. The highest BCUT2D eigenvalue weighted by Crippen LogP contribution is 2.38. The number of ether oxygens (including phenoxy) is 4. The molecule has 0 spiro atoms. The molecule has 0 aliphatic rings. The molecule has 3 unspecified atom stereocenters. The third-order valence-electron chi connectivity index (χ3n) is 11.8. The minimum atomic E-state index is -0.0956. The molecule has 5 aromatic rings. The number of ketones is 1. The second kappa shape index (κ2) is 23.5. The number of aryl methyl sites for hydroxylation is 4. The zero-order valence-electron chi connectivity index (χ0n) is 38.7. The molecule has 62 heavy (non-hydrogen) atoms. The summed E-state index contributed by atoms with van der Waals surface area (Å²) in [5, 5.41) is 0. The van der Waals surface area contributed by atoms with Crippen molar-refractivity contribution in [1.82, 2.24) is 4.98 Å². The summed E-state index contributed by atoms with van der Waals surface area (Å²) in [7, 11) is 3.23. The summed E-state index contributed by atoms with van der Waals surface area (Å²) >= 11 is 0. The van der Waals surface area contributed by atoms with Crippen molar-refractivity contribution in [3.05, 3.63) is 135 Å². The molecule has 0 amide bonds. The van der Waals surface area contributed by atoms with Gasteiger partial charge in [-0.15, -0.1) is 0 Å². The van der Waals surface area contributed by atoms with Crippen LogP contribution in [0.15, 0.2) is 94.9 Å². The molecular weight excluding hydrogens is 771 g/mol. The van der Waals surface area contributed by atoms with Gasteiger partial charge in [-0.05, 0) is 122 Å². The average molecular weight is 838 g/mol. The van der Waals surface area contributed by atoms with Gasteiger partial charge >= 0.3 is 0 Å². The van der Waals surface area contributed by atoms with E-state index in [1.165, 1.54) is 22.3 Å². The molecule has 1 aromatic heterocycles. The van der Waals surface area contributed by atoms with Crippen molar-refractivity contribution in [2.75, 3.05) is 14.2 Å². The van der Waals surface area contributed by atoms with Gasteiger partial charge in [0, 0.05) is 36.0 Å². The number of hydrogen-bond acceptors (Lipinski definition) is 8. The van der Waals surface area contributed by atoms with E-state index < -0.39 is 0 Å². The number of carbonyl (C=O) groups excluding carboxylic acids is 1. The molecule has 0 bridgehead atoms. The van der Waals surface area contributed by atoms with Crippen LogP contribution in [0.2, 0.25) is 0 Å². The van der Waals surface area contributed by atoms with Crippen molar-refractivity contribution in [2.45, 2.75) is 114 Å². The first-order chi connectivity index (χ1) is 30.0. The lowest BCUT2D eigenvalue weighted by molar-refractivity contribution is 0.101. The maximum absolute atomic E-state index is 12.9. The molecule has 0 saturated heterocycles. The van der Waals surface area contributed by atoms with Crippen molar-refractivity contribution in [2.24, 2.45) is 27.7 Å². The normalized spacial score (nSPS) is 13.0. The molecule has 0 radical (unpaired) electrons. The van der Waals surface area contributed by atoms with Crippen LogP contribution in [0.5, 0.6) is 23.0 Å². The molecule has 0 N–H and O–H groups in total. The lowest BCUT2D eigenvalue weighted by atomic mass is 9.85. The minimum Gasteiger partial charge on any atom is -0.493 e. The Hall–Kier alpha value is -5.76. The third kappa shape index (κ3) is 12.9. The summed E-state index contributed by atoms with van der Waals surface area (Å²) in [5.74, 6) is 2.99. The van der Waals surface area contributed by atoms with Gasteiger partial charge in [-0.1, -0.05) is 96.0 Å². The molecule has 8 nitrogen and oxygen atoms in total. The minimum absolute atomic E-state index is 0.0956. The Balaban J connectivity index is 1.34. The fraction of sp³-hybridized carbons (Fsp3) is 0.407. The Morgan fingerprint density at radius 2 is 1.21 bits per heavy atom. The number of rotatable bonds is 23. The molecule has 8 heteroatoms. The number of aliphatic imine (C=N–C) groups is 2. The van der Waals surface area contributed by atoms with E-state index >= 15 is 0 Å². The van der Waals surface area contributed by atoms with Crippen LogP contribution in [0.4, 0.5) is 11.4 Å².